The van der Waals surface area contributed by atoms with Gasteiger partial charge in [-0.3, -0.25) is 9.98 Å². The van der Waals surface area contributed by atoms with E-state index in [0.29, 0.717) is 0 Å². The number of hydrogen-bond acceptors (Lipinski definition) is 6. The van der Waals surface area contributed by atoms with Crippen molar-refractivity contribution in [1.82, 2.24) is 9.13 Å². The molecule has 0 spiro atoms. The second kappa shape index (κ2) is 9.01. The smallest absolute Gasteiger partial charge is 0.0777 e. The van der Waals surface area contributed by atoms with Crippen molar-refractivity contribution in [1.29, 1.82) is 0 Å². The minimum absolute atomic E-state index is 0.887. The van der Waals surface area contributed by atoms with Gasteiger partial charge >= 0.3 is 0 Å². The minimum Gasteiger partial charge on any atom is -0.345 e. The molecule has 0 bridgehead atoms. The van der Waals surface area contributed by atoms with Crippen molar-refractivity contribution >= 4 is 34.2 Å². The van der Waals surface area contributed by atoms with Crippen molar-refractivity contribution in [3.8, 4) is 0 Å². The number of aliphatic imine (C=N–C) groups is 2. The lowest BCUT2D eigenvalue weighted by molar-refractivity contribution is -1.92. The Morgan fingerprint density at radius 2 is 1.13 bits per heavy atom. The highest BCUT2D eigenvalue weighted by Crippen LogP contribution is 2.21. The van der Waals surface area contributed by atoms with Gasteiger partial charge in [-0.1, -0.05) is 36.4 Å². The van der Waals surface area contributed by atoms with Gasteiger partial charge in [0.15, 0.2) is 0 Å². The first-order valence-corrected chi connectivity index (χ1v) is 11.0. The van der Waals surface area contributed by atoms with Gasteiger partial charge < -0.3 is 9.13 Å². The molecule has 0 unspecified atom stereocenters. The molecule has 2 aliphatic heterocycles. The van der Waals surface area contributed by atoms with Gasteiger partial charge in [0.25, 0.3) is 0 Å². The molecule has 2 aliphatic rings. The van der Waals surface area contributed by atoms with E-state index in [-0.39, 0.29) is 0 Å². The molecule has 0 saturated heterocycles. The number of rotatable bonds is 0. The molecular weight excluding hydrogens is 420 g/mol. The van der Waals surface area contributed by atoms with Crippen molar-refractivity contribution in [2.45, 2.75) is 13.1 Å². The second-order valence-electron chi connectivity index (χ2n) is 7.05. The zero-order chi connectivity index (χ0) is 21.8. The van der Waals surface area contributed by atoms with Crippen LogP contribution >= 0.6 is 0 Å². The van der Waals surface area contributed by atoms with Crippen LogP contribution in [0.15, 0.2) is 70.9 Å². The maximum Gasteiger partial charge on any atom is 0.0777 e. The predicted octanol–water partition coefficient (Wildman–Crippen LogP) is 0.0236. The largest absolute Gasteiger partial charge is 0.345 e. The third-order valence-electron chi connectivity index (χ3n) is 5.04. The lowest BCUT2D eigenvalue weighted by Gasteiger charge is -2.03. The summed E-state index contributed by atoms with van der Waals surface area (Å²) < 4.78 is 37.3. The molecule has 160 valence electrons. The number of para-hydroxylation sites is 2. The molecule has 8 nitrogen and oxygen atoms in total. The van der Waals surface area contributed by atoms with E-state index in [9.17, 15) is 0 Å². The van der Waals surface area contributed by atoms with Crippen LogP contribution in [0.5, 0.6) is 0 Å². The van der Waals surface area contributed by atoms with Crippen LogP contribution in [0.1, 0.15) is 11.1 Å². The molecule has 0 atom stereocenters. The van der Waals surface area contributed by atoms with E-state index in [4.69, 9.17) is 18.6 Å². The van der Waals surface area contributed by atoms with E-state index in [0.717, 1.165) is 26.2 Å². The molecule has 0 aliphatic carbocycles. The average Bonchev–Trinajstić information content (AvgIpc) is 3.18. The summed E-state index contributed by atoms with van der Waals surface area (Å²) >= 11 is 0. The Bertz CT molecular complexity index is 1160. The van der Waals surface area contributed by atoms with Gasteiger partial charge in [0, 0.05) is 59.8 Å². The topological polar surface area (TPSA) is 124 Å². The number of aromatic nitrogens is 2. The first-order valence-electron chi connectivity index (χ1n) is 9.69. The summed E-state index contributed by atoms with van der Waals surface area (Å²) in [6.07, 6.45) is 8.24. The number of benzene rings is 2. The van der Waals surface area contributed by atoms with E-state index in [1.54, 1.807) is 0 Å². The Balaban J connectivity index is 0.000000124. The van der Waals surface area contributed by atoms with Gasteiger partial charge in [0.05, 0.1) is 39.0 Å². The Morgan fingerprint density at radius 1 is 0.710 bits per heavy atom. The quantitative estimate of drug-likeness (QED) is 0.414. The van der Waals surface area contributed by atoms with E-state index >= 15 is 0 Å². The fraction of sp³-hybridized carbons (Fsp3) is 0.182. The monoisotopic (exact) mass is 440 g/mol. The van der Waals surface area contributed by atoms with Gasteiger partial charge in [-0.05, 0) is 12.1 Å². The Morgan fingerprint density at radius 3 is 1.55 bits per heavy atom. The molecule has 31 heavy (non-hydrogen) atoms. The van der Waals surface area contributed by atoms with Gasteiger partial charge in [-0.15, -0.1) is 0 Å². The highest BCUT2D eigenvalue weighted by molar-refractivity contribution is 5.99. The lowest BCUT2D eigenvalue weighted by Crippen LogP contribution is -2.58. The van der Waals surface area contributed by atoms with Gasteiger partial charge in [0.1, 0.15) is 0 Å². The molecule has 1 N–H and O–H groups in total. The fourth-order valence-corrected chi connectivity index (χ4v) is 3.82. The fourth-order valence-electron chi connectivity index (χ4n) is 3.82. The van der Waals surface area contributed by atoms with Crippen LogP contribution in [0.2, 0.25) is 0 Å². The average molecular weight is 441 g/mol. The van der Waals surface area contributed by atoms with Crippen LogP contribution < -0.4 is 14.0 Å². The van der Waals surface area contributed by atoms with Crippen LogP contribution in [0.4, 0.5) is 0 Å². The van der Waals surface area contributed by atoms with Gasteiger partial charge in [-0.25, -0.2) is 0 Å². The highest BCUT2D eigenvalue weighted by Gasteiger charge is 2.07. The lowest BCUT2D eigenvalue weighted by atomic mass is 10.1. The van der Waals surface area contributed by atoms with Crippen LogP contribution in [0.25, 0.3) is 21.8 Å². The van der Waals surface area contributed by atoms with E-state index < -0.39 is 10.2 Å². The van der Waals surface area contributed by atoms with Crippen molar-refractivity contribution in [2.24, 2.45) is 9.98 Å². The Kier molecular flexibility index (Phi) is 6.17. The second-order valence-corrected chi connectivity index (χ2v) is 7.85. The molecule has 2 aromatic carbocycles. The first-order chi connectivity index (χ1) is 14.9. The van der Waals surface area contributed by atoms with Crippen LogP contribution in [0.3, 0.4) is 0 Å². The third kappa shape index (κ3) is 5.19. The SMILES string of the molecule is C1=NCCn2ccc3cccc1c32.C1=NCCn2ccc3cccc1c32.[O-][Cl+3]([O-])([O-])O. The zero-order valence-corrected chi connectivity index (χ0v) is 17.4. The summed E-state index contributed by atoms with van der Waals surface area (Å²) in [7, 11) is -4.69. The summed E-state index contributed by atoms with van der Waals surface area (Å²) in [5.41, 5.74) is 5.12. The summed E-state index contributed by atoms with van der Waals surface area (Å²) in [5.74, 6) is 0. The van der Waals surface area contributed by atoms with E-state index in [1.165, 1.54) is 32.9 Å². The van der Waals surface area contributed by atoms with Crippen LogP contribution in [-0.2, 0) is 13.1 Å². The molecule has 4 heterocycles. The molecule has 9 heteroatoms. The molecule has 2 aromatic heterocycles. The van der Waals surface area contributed by atoms with Crippen molar-refractivity contribution in [3.05, 3.63) is 72.1 Å². The number of halogens is 1. The minimum atomic E-state index is -4.69. The molecule has 0 amide bonds. The first kappa shape index (κ1) is 21.2. The molecule has 4 aromatic rings. The molecule has 0 fully saturated rings. The van der Waals surface area contributed by atoms with Crippen molar-refractivity contribution < 1.29 is 28.9 Å². The van der Waals surface area contributed by atoms with Gasteiger partial charge in [-0.2, -0.15) is 14.0 Å². The highest BCUT2D eigenvalue weighted by atomic mass is 35.7. The maximum atomic E-state index is 8.60. The molecule has 0 radical (unpaired) electrons. The molecule has 0 saturated carbocycles. The summed E-state index contributed by atoms with van der Waals surface area (Å²) in [5, 5.41) is 2.62. The third-order valence-corrected chi connectivity index (χ3v) is 5.04. The Labute approximate surface area is 180 Å². The number of hydrogen-bond donors (Lipinski definition) is 1. The molecule has 6 rings (SSSR count). The Hall–Kier alpha value is -3.01. The summed E-state index contributed by atoms with van der Waals surface area (Å²) in [6.45, 7) is 3.77. The van der Waals surface area contributed by atoms with Crippen molar-refractivity contribution in [3.63, 3.8) is 0 Å². The number of nitrogens with zero attached hydrogens (tertiary/aromatic N) is 4. The standard InChI is InChI=1S/2C11H10N2.ClHO4/c2*1-2-9-4-6-13-7-5-12-8-10(3-1)11(9)13;2-1(3,4)5/h2*1-4,6,8H,5,7H2;(H,2,3,4,5). The van der Waals surface area contributed by atoms with Crippen LogP contribution in [0, 0.1) is 10.2 Å². The summed E-state index contributed by atoms with van der Waals surface area (Å²) in [6, 6.07) is 17.0. The molecular formula is C22H21ClN4O4. The maximum absolute atomic E-state index is 8.60. The van der Waals surface area contributed by atoms with Crippen LogP contribution in [-0.4, -0.2) is 39.3 Å². The zero-order valence-electron chi connectivity index (χ0n) is 16.6. The predicted molar refractivity (Wildman–Crippen MR) is 111 cm³/mol. The normalized spacial score (nSPS) is 14.3. The van der Waals surface area contributed by atoms with Crippen molar-refractivity contribution in [2.75, 3.05) is 13.1 Å². The summed E-state index contributed by atoms with van der Waals surface area (Å²) in [4.78, 5) is 8.67. The van der Waals surface area contributed by atoms with E-state index in [1.807, 2.05) is 12.4 Å². The van der Waals surface area contributed by atoms with E-state index in [2.05, 4.69) is 80.0 Å². The van der Waals surface area contributed by atoms with Gasteiger partial charge in [0.2, 0.25) is 0 Å².